The molecule has 0 spiro atoms. The number of amides is 1. The summed E-state index contributed by atoms with van der Waals surface area (Å²) >= 11 is 0. The number of ether oxygens (including phenoxy) is 1. The SMILES string of the molecule is COc1ccc(C=C[C@]23NC(=O)CCN2c2ccc(C)cc2C3(C)C)cc1. The van der Waals surface area contributed by atoms with E-state index in [1.165, 1.54) is 16.8 Å². The maximum absolute atomic E-state index is 12.4. The zero-order chi connectivity index (χ0) is 19.2. The van der Waals surface area contributed by atoms with E-state index in [1.807, 2.05) is 24.3 Å². The van der Waals surface area contributed by atoms with Crippen LogP contribution in [0.4, 0.5) is 5.69 Å². The second-order valence-electron chi connectivity index (χ2n) is 7.97. The number of fused-ring (bicyclic) bond motifs is 3. The van der Waals surface area contributed by atoms with Crippen molar-refractivity contribution >= 4 is 17.7 Å². The Morgan fingerprint density at radius 3 is 2.59 bits per heavy atom. The second-order valence-corrected chi connectivity index (χ2v) is 7.97. The smallest absolute Gasteiger partial charge is 0.223 e. The molecule has 2 aliphatic heterocycles. The highest BCUT2D eigenvalue weighted by molar-refractivity contribution is 5.84. The number of hydrogen-bond donors (Lipinski definition) is 1. The highest BCUT2D eigenvalue weighted by Gasteiger charge is 2.57. The molecule has 0 radical (unpaired) electrons. The first-order chi connectivity index (χ1) is 12.9. The van der Waals surface area contributed by atoms with Gasteiger partial charge in [0, 0.05) is 24.1 Å². The number of methoxy groups -OCH3 is 1. The Balaban J connectivity index is 1.81. The molecule has 2 aromatic carbocycles. The van der Waals surface area contributed by atoms with Gasteiger partial charge in [0.2, 0.25) is 5.91 Å². The molecule has 2 aliphatic rings. The topological polar surface area (TPSA) is 41.6 Å². The summed E-state index contributed by atoms with van der Waals surface area (Å²) in [7, 11) is 1.67. The van der Waals surface area contributed by atoms with Gasteiger partial charge in [-0.3, -0.25) is 4.79 Å². The van der Waals surface area contributed by atoms with Gasteiger partial charge in [0.05, 0.1) is 7.11 Å². The van der Waals surface area contributed by atoms with Gasteiger partial charge in [0.15, 0.2) is 0 Å². The van der Waals surface area contributed by atoms with E-state index in [0.29, 0.717) is 6.42 Å². The quantitative estimate of drug-likeness (QED) is 0.896. The standard InChI is InChI=1S/C23H26N2O2/c1-16-5-10-20-19(15-16)22(2,3)23(24-21(26)12-14-25(20)23)13-11-17-6-8-18(27-4)9-7-17/h5-11,13,15H,12,14H2,1-4H3,(H,24,26)/t23-/m0/s1. The molecule has 4 nitrogen and oxygen atoms in total. The lowest BCUT2D eigenvalue weighted by Gasteiger charge is -2.49. The molecule has 4 heteroatoms. The second kappa shape index (κ2) is 6.15. The molecule has 2 aromatic rings. The van der Waals surface area contributed by atoms with Crippen molar-refractivity contribution in [2.24, 2.45) is 0 Å². The number of benzene rings is 2. The molecule has 0 aliphatic carbocycles. The Kier molecular flexibility index (Phi) is 4.02. The van der Waals surface area contributed by atoms with Gasteiger partial charge in [0.25, 0.3) is 0 Å². The van der Waals surface area contributed by atoms with Crippen LogP contribution in [-0.2, 0) is 10.2 Å². The largest absolute Gasteiger partial charge is 0.497 e. The fourth-order valence-electron chi connectivity index (χ4n) is 4.40. The van der Waals surface area contributed by atoms with Crippen LogP contribution in [0.5, 0.6) is 5.75 Å². The minimum absolute atomic E-state index is 0.100. The lowest BCUT2D eigenvalue weighted by molar-refractivity contribution is -0.124. The Labute approximate surface area is 160 Å². The summed E-state index contributed by atoms with van der Waals surface area (Å²) < 4.78 is 5.24. The summed E-state index contributed by atoms with van der Waals surface area (Å²) in [5.74, 6) is 0.935. The molecule has 1 N–H and O–H groups in total. The van der Waals surface area contributed by atoms with Crippen molar-refractivity contribution in [3.63, 3.8) is 0 Å². The van der Waals surface area contributed by atoms with Gasteiger partial charge >= 0.3 is 0 Å². The molecule has 1 amide bonds. The zero-order valence-corrected chi connectivity index (χ0v) is 16.4. The molecule has 0 bridgehead atoms. The van der Waals surface area contributed by atoms with E-state index in [9.17, 15) is 4.79 Å². The van der Waals surface area contributed by atoms with Crippen LogP contribution >= 0.6 is 0 Å². The number of carbonyl (C=O) groups is 1. The number of nitrogens with one attached hydrogen (secondary N) is 1. The zero-order valence-electron chi connectivity index (χ0n) is 16.4. The fourth-order valence-corrected chi connectivity index (χ4v) is 4.40. The van der Waals surface area contributed by atoms with Crippen molar-refractivity contribution in [3.8, 4) is 5.75 Å². The summed E-state index contributed by atoms with van der Waals surface area (Å²) in [6.07, 6.45) is 4.77. The molecule has 0 unspecified atom stereocenters. The average Bonchev–Trinajstić information content (AvgIpc) is 2.84. The number of carbonyl (C=O) groups excluding carboxylic acids is 1. The van der Waals surface area contributed by atoms with E-state index >= 15 is 0 Å². The van der Waals surface area contributed by atoms with E-state index in [0.717, 1.165) is 17.9 Å². The van der Waals surface area contributed by atoms with E-state index in [4.69, 9.17) is 4.74 Å². The van der Waals surface area contributed by atoms with Gasteiger partial charge in [-0.2, -0.15) is 0 Å². The summed E-state index contributed by atoms with van der Waals surface area (Å²) in [6.45, 7) is 7.27. The number of hydrogen-bond acceptors (Lipinski definition) is 3. The third-order valence-corrected chi connectivity index (χ3v) is 6.02. The highest BCUT2D eigenvalue weighted by Crippen LogP contribution is 2.52. The van der Waals surface area contributed by atoms with Crippen molar-refractivity contribution in [1.82, 2.24) is 5.32 Å². The normalized spacial score (nSPS) is 23.1. The molecular weight excluding hydrogens is 336 g/mol. The molecule has 1 atom stereocenters. The molecule has 4 rings (SSSR count). The molecule has 1 saturated heterocycles. The third-order valence-electron chi connectivity index (χ3n) is 6.02. The molecule has 0 aromatic heterocycles. The van der Waals surface area contributed by atoms with Gasteiger partial charge in [0.1, 0.15) is 11.4 Å². The maximum atomic E-state index is 12.4. The van der Waals surface area contributed by atoms with Gasteiger partial charge in [-0.15, -0.1) is 0 Å². The van der Waals surface area contributed by atoms with Crippen molar-refractivity contribution in [2.75, 3.05) is 18.6 Å². The molecular formula is C23H26N2O2. The first kappa shape index (κ1) is 17.7. The van der Waals surface area contributed by atoms with Crippen molar-refractivity contribution < 1.29 is 9.53 Å². The summed E-state index contributed by atoms with van der Waals surface area (Å²) in [4.78, 5) is 14.8. The Morgan fingerprint density at radius 2 is 1.89 bits per heavy atom. The van der Waals surface area contributed by atoms with Crippen molar-refractivity contribution in [3.05, 3.63) is 65.2 Å². The number of nitrogens with zero attached hydrogens (tertiary/aromatic N) is 1. The van der Waals surface area contributed by atoms with Crippen LogP contribution in [0.15, 0.2) is 48.5 Å². The lowest BCUT2D eigenvalue weighted by Crippen LogP contribution is -2.68. The molecule has 0 saturated carbocycles. The minimum Gasteiger partial charge on any atom is -0.497 e. The van der Waals surface area contributed by atoms with Crippen LogP contribution < -0.4 is 15.0 Å². The predicted octanol–water partition coefficient (Wildman–Crippen LogP) is 4.03. The first-order valence-corrected chi connectivity index (χ1v) is 9.40. The Bertz CT molecular complexity index is 914. The van der Waals surface area contributed by atoms with Gasteiger partial charge in [-0.1, -0.05) is 49.8 Å². The number of aryl methyl sites for hydroxylation is 1. The first-order valence-electron chi connectivity index (χ1n) is 9.40. The van der Waals surface area contributed by atoms with E-state index in [2.05, 4.69) is 61.3 Å². The monoisotopic (exact) mass is 362 g/mol. The van der Waals surface area contributed by atoms with E-state index in [1.54, 1.807) is 7.11 Å². The highest BCUT2D eigenvalue weighted by atomic mass is 16.5. The van der Waals surface area contributed by atoms with Crippen molar-refractivity contribution in [2.45, 2.75) is 38.3 Å². The Hall–Kier alpha value is -2.75. The van der Waals surface area contributed by atoms with Gasteiger partial charge < -0.3 is 15.0 Å². The van der Waals surface area contributed by atoms with Crippen molar-refractivity contribution in [1.29, 1.82) is 0 Å². The van der Waals surface area contributed by atoms with E-state index < -0.39 is 5.66 Å². The number of rotatable bonds is 3. The molecule has 140 valence electrons. The van der Waals surface area contributed by atoms with Crippen LogP contribution in [0.3, 0.4) is 0 Å². The summed E-state index contributed by atoms with van der Waals surface area (Å²) in [6, 6.07) is 14.5. The Morgan fingerprint density at radius 1 is 1.15 bits per heavy atom. The average molecular weight is 362 g/mol. The minimum atomic E-state index is -0.571. The molecule has 2 heterocycles. The summed E-state index contributed by atoms with van der Waals surface area (Å²) in [5, 5.41) is 3.32. The summed E-state index contributed by atoms with van der Waals surface area (Å²) in [5.41, 5.74) is 3.98. The lowest BCUT2D eigenvalue weighted by atomic mass is 9.74. The third kappa shape index (κ3) is 2.62. The van der Waals surface area contributed by atoms with Gasteiger partial charge in [-0.05, 0) is 42.3 Å². The van der Waals surface area contributed by atoms with Crippen LogP contribution in [0.2, 0.25) is 0 Å². The number of anilines is 1. The van der Waals surface area contributed by atoms with Crippen LogP contribution in [0.1, 0.15) is 37.0 Å². The van der Waals surface area contributed by atoms with Crippen LogP contribution in [0, 0.1) is 6.92 Å². The maximum Gasteiger partial charge on any atom is 0.223 e. The van der Waals surface area contributed by atoms with Crippen LogP contribution in [0.25, 0.3) is 6.08 Å². The fraction of sp³-hybridized carbons (Fsp3) is 0.348. The van der Waals surface area contributed by atoms with E-state index in [-0.39, 0.29) is 11.3 Å². The van der Waals surface area contributed by atoms with Crippen LogP contribution in [-0.4, -0.2) is 25.2 Å². The predicted molar refractivity (Wildman–Crippen MR) is 109 cm³/mol. The molecule has 1 fully saturated rings. The molecule has 27 heavy (non-hydrogen) atoms. The van der Waals surface area contributed by atoms with Gasteiger partial charge in [-0.25, -0.2) is 0 Å².